The third-order valence-electron chi connectivity index (χ3n) is 2.68. The number of hydrogen-bond acceptors (Lipinski definition) is 4. The number of primary amides is 1. The van der Waals surface area contributed by atoms with Gasteiger partial charge in [-0.1, -0.05) is 12.1 Å². The van der Waals surface area contributed by atoms with E-state index in [1.807, 2.05) is 0 Å². The Balaban J connectivity index is 2.15. The molecule has 0 aromatic heterocycles. The first kappa shape index (κ1) is 14.7. The lowest BCUT2D eigenvalue weighted by Crippen LogP contribution is -2.20. The number of carbonyl (C=O) groups is 2. The molecule has 6 nitrogen and oxygen atoms in total. The second kappa shape index (κ2) is 6.19. The van der Waals surface area contributed by atoms with Crippen LogP contribution in [0.25, 0.3) is 0 Å². The van der Waals surface area contributed by atoms with Crippen LogP contribution in [-0.2, 0) is 0 Å². The molecule has 21 heavy (non-hydrogen) atoms. The summed E-state index contributed by atoms with van der Waals surface area (Å²) in [6, 6.07) is 10.3. The molecule has 2 rings (SSSR count). The Labute approximate surface area is 126 Å². The highest BCUT2D eigenvalue weighted by molar-refractivity contribution is 7.80. The standard InChI is InChI=1S/C14H13N3O3S/c15-13(19)8-5-6-11(18)10(7-8)17-14(20)16-9-3-1-2-4-12(9)21/h1-7,18,21H,(H2,15,19)(H2,16,17,20). The minimum atomic E-state index is -0.654. The minimum Gasteiger partial charge on any atom is -0.506 e. The van der Waals surface area contributed by atoms with Crippen molar-refractivity contribution in [1.82, 2.24) is 0 Å². The lowest BCUT2D eigenvalue weighted by Gasteiger charge is -2.11. The van der Waals surface area contributed by atoms with Gasteiger partial charge in [0.25, 0.3) is 0 Å². The first-order chi connectivity index (χ1) is 9.97. The van der Waals surface area contributed by atoms with E-state index in [0.717, 1.165) is 0 Å². The molecule has 0 heterocycles. The van der Waals surface area contributed by atoms with E-state index in [1.165, 1.54) is 18.2 Å². The molecule has 0 saturated carbocycles. The van der Waals surface area contributed by atoms with Crippen LogP contribution in [0.3, 0.4) is 0 Å². The number of nitrogens with two attached hydrogens (primary N) is 1. The Hall–Kier alpha value is -2.67. The van der Waals surface area contributed by atoms with Crippen molar-refractivity contribution in [3.8, 4) is 5.75 Å². The molecule has 108 valence electrons. The summed E-state index contributed by atoms with van der Waals surface area (Å²) in [7, 11) is 0. The van der Waals surface area contributed by atoms with Gasteiger partial charge in [0, 0.05) is 10.5 Å². The number of nitrogens with one attached hydrogen (secondary N) is 2. The van der Waals surface area contributed by atoms with Crippen molar-refractivity contribution in [1.29, 1.82) is 0 Å². The quantitative estimate of drug-likeness (QED) is 0.444. The van der Waals surface area contributed by atoms with E-state index in [-0.39, 0.29) is 17.0 Å². The first-order valence-electron chi connectivity index (χ1n) is 5.96. The van der Waals surface area contributed by atoms with Gasteiger partial charge in [-0.15, -0.1) is 12.6 Å². The lowest BCUT2D eigenvalue weighted by atomic mass is 10.2. The molecule has 3 amide bonds. The molecule has 0 aliphatic rings. The Kier molecular flexibility index (Phi) is 4.34. The first-order valence-corrected chi connectivity index (χ1v) is 6.41. The highest BCUT2D eigenvalue weighted by Gasteiger charge is 2.10. The maximum absolute atomic E-state index is 11.9. The number of carbonyl (C=O) groups excluding carboxylic acids is 2. The van der Waals surface area contributed by atoms with Gasteiger partial charge in [-0.05, 0) is 30.3 Å². The lowest BCUT2D eigenvalue weighted by molar-refractivity contribution is 0.100. The van der Waals surface area contributed by atoms with Gasteiger partial charge in [0.05, 0.1) is 11.4 Å². The summed E-state index contributed by atoms with van der Waals surface area (Å²) in [4.78, 5) is 23.6. The van der Waals surface area contributed by atoms with Crippen molar-refractivity contribution in [3.63, 3.8) is 0 Å². The number of phenols is 1. The van der Waals surface area contributed by atoms with Crippen molar-refractivity contribution >= 4 is 35.9 Å². The predicted molar refractivity (Wildman–Crippen MR) is 83.0 cm³/mol. The van der Waals surface area contributed by atoms with Gasteiger partial charge in [0.1, 0.15) is 5.75 Å². The molecule has 0 spiro atoms. The van der Waals surface area contributed by atoms with Crippen LogP contribution in [-0.4, -0.2) is 17.0 Å². The zero-order chi connectivity index (χ0) is 15.4. The van der Waals surface area contributed by atoms with Crippen LogP contribution in [0.15, 0.2) is 47.4 Å². The minimum absolute atomic E-state index is 0.0837. The normalized spacial score (nSPS) is 9.95. The average molecular weight is 303 g/mol. The fourth-order valence-electron chi connectivity index (χ4n) is 1.64. The molecule has 0 fully saturated rings. The summed E-state index contributed by atoms with van der Waals surface area (Å²) in [6.07, 6.45) is 0. The van der Waals surface area contributed by atoms with Crippen molar-refractivity contribution in [2.24, 2.45) is 5.73 Å². The second-order valence-corrected chi connectivity index (χ2v) is 4.67. The summed E-state index contributed by atoms with van der Waals surface area (Å²) in [5, 5.41) is 14.7. The third-order valence-corrected chi connectivity index (χ3v) is 3.07. The largest absolute Gasteiger partial charge is 0.506 e. The smallest absolute Gasteiger partial charge is 0.323 e. The van der Waals surface area contributed by atoms with Crippen LogP contribution in [0.2, 0.25) is 0 Å². The van der Waals surface area contributed by atoms with E-state index in [0.29, 0.717) is 10.6 Å². The predicted octanol–water partition coefficient (Wildman–Crippen LogP) is 2.42. The van der Waals surface area contributed by atoms with Crippen LogP contribution in [0.1, 0.15) is 10.4 Å². The van der Waals surface area contributed by atoms with E-state index < -0.39 is 11.9 Å². The highest BCUT2D eigenvalue weighted by Crippen LogP contribution is 2.25. The summed E-state index contributed by atoms with van der Waals surface area (Å²) in [5.74, 6) is -0.825. The van der Waals surface area contributed by atoms with Crippen molar-refractivity contribution in [2.45, 2.75) is 4.90 Å². The van der Waals surface area contributed by atoms with Crippen LogP contribution in [0.5, 0.6) is 5.75 Å². The van der Waals surface area contributed by atoms with Crippen molar-refractivity contribution in [3.05, 3.63) is 48.0 Å². The monoisotopic (exact) mass is 303 g/mol. The van der Waals surface area contributed by atoms with E-state index in [4.69, 9.17) is 5.73 Å². The zero-order valence-corrected chi connectivity index (χ0v) is 11.7. The van der Waals surface area contributed by atoms with Gasteiger partial charge < -0.3 is 21.5 Å². The number of para-hydroxylation sites is 1. The number of anilines is 2. The fraction of sp³-hybridized carbons (Fsp3) is 0. The van der Waals surface area contributed by atoms with Gasteiger partial charge in [0.2, 0.25) is 5.91 Å². The van der Waals surface area contributed by atoms with Gasteiger partial charge in [0.15, 0.2) is 0 Å². The molecule has 5 N–H and O–H groups in total. The summed E-state index contributed by atoms with van der Waals surface area (Å²) in [6.45, 7) is 0. The molecule has 2 aromatic carbocycles. The molecular formula is C14H13N3O3S. The number of phenolic OH excluding ortho intramolecular Hbond substituents is 1. The summed E-state index contributed by atoms with van der Waals surface area (Å²) in [5.41, 5.74) is 5.93. The maximum Gasteiger partial charge on any atom is 0.323 e. The Morgan fingerprint density at radius 1 is 1.05 bits per heavy atom. The molecule has 0 bridgehead atoms. The highest BCUT2D eigenvalue weighted by atomic mass is 32.1. The van der Waals surface area contributed by atoms with E-state index in [2.05, 4.69) is 23.3 Å². The van der Waals surface area contributed by atoms with Crippen LogP contribution < -0.4 is 16.4 Å². The van der Waals surface area contributed by atoms with Crippen LogP contribution in [0.4, 0.5) is 16.2 Å². The molecule has 0 aliphatic heterocycles. The number of amides is 3. The number of rotatable bonds is 3. The molecule has 0 atom stereocenters. The van der Waals surface area contributed by atoms with Crippen LogP contribution in [0, 0.1) is 0 Å². The van der Waals surface area contributed by atoms with E-state index in [1.54, 1.807) is 24.3 Å². The molecule has 0 saturated heterocycles. The van der Waals surface area contributed by atoms with Gasteiger partial charge in [-0.25, -0.2) is 4.79 Å². The molecule has 7 heteroatoms. The number of urea groups is 1. The Morgan fingerprint density at radius 2 is 1.71 bits per heavy atom. The molecule has 2 aromatic rings. The molecule has 0 aliphatic carbocycles. The Morgan fingerprint density at radius 3 is 2.38 bits per heavy atom. The van der Waals surface area contributed by atoms with E-state index in [9.17, 15) is 14.7 Å². The maximum atomic E-state index is 11.9. The van der Waals surface area contributed by atoms with Crippen molar-refractivity contribution < 1.29 is 14.7 Å². The molecular weight excluding hydrogens is 290 g/mol. The van der Waals surface area contributed by atoms with E-state index >= 15 is 0 Å². The SMILES string of the molecule is NC(=O)c1ccc(O)c(NC(=O)Nc2ccccc2S)c1. The summed E-state index contributed by atoms with van der Waals surface area (Å²) < 4.78 is 0. The number of thiol groups is 1. The molecule has 0 unspecified atom stereocenters. The number of benzene rings is 2. The average Bonchev–Trinajstić information content (AvgIpc) is 2.43. The fourth-order valence-corrected chi connectivity index (χ4v) is 1.86. The third kappa shape index (κ3) is 3.67. The topological polar surface area (TPSA) is 104 Å². The summed E-state index contributed by atoms with van der Waals surface area (Å²) >= 11 is 4.21. The number of hydrogen-bond donors (Lipinski definition) is 5. The van der Waals surface area contributed by atoms with Crippen molar-refractivity contribution in [2.75, 3.05) is 10.6 Å². The molecule has 0 radical (unpaired) electrons. The van der Waals surface area contributed by atoms with Gasteiger partial charge in [-0.2, -0.15) is 0 Å². The number of aromatic hydroxyl groups is 1. The zero-order valence-electron chi connectivity index (χ0n) is 10.8. The second-order valence-electron chi connectivity index (χ2n) is 4.19. The Bertz CT molecular complexity index is 704. The van der Waals surface area contributed by atoms with Gasteiger partial charge >= 0.3 is 6.03 Å². The van der Waals surface area contributed by atoms with Crippen LogP contribution >= 0.6 is 12.6 Å². The van der Waals surface area contributed by atoms with Gasteiger partial charge in [-0.3, -0.25) is 4.79 Å².